The minimum absolute atomic E-state index is 0.162. The van der Waals surface area contributed by atoms with Crippen LogP contribution in [0.25, 0.3) is 0 Å². The van der Waals surface area contributed by atoms with E-state index in [-0.39, 0.29) is 11.8 Å². The van der Waals surface area contributed by atoms with Gasteiger partial charge in [-0.05, 0) is 25.0 Å². The van der Waals surface area contributed by atoms with E-state index in [1.165, 1.54) is 0 Å². The van der Waals surface area contributed by atoms with Crippen LogP contribution >= 0.6 is 0 Å². The number of phenols is 1. The van der Waals surface area contributed by atoms with E-state index in [9.17, 15) is 5.11 Å². The maximum Gasteiger partial charge on any atom is 0.225 e. The van der Waals surface area contributed by atoms with Crippen LogP contribution in [-0.4, -0.2) is 34.2 Å². The van der Waals surface area contributed by atoms with Crippen molar-refractivity contribution in [1.82, 2.24) is 9.97 Å². The standard InChI is InChI=1S/C15H18N4O2/c16-11-4-6-19(7-5-11)15-17-9-14(10-18-15)21-13-3-1-2-12(20)8-13/h1-3,8-11,20H,4-7,16H2. The predicted octanol–water partition coefficient (Wildman–Crippen LogP) is 1.90. The van der Waals surface area contributed by atoms with E-state index in [4.69, 9.17) is 10.5 Å². The van der Waals surface area contributed by atoms with Gasteiger partial charge in [0.1, 0.15) is 11.5 Å². The largest absolute Gasteiger partial charge is 0.508 e. The van der Waals surface area contributed by atoms with Crippen LogP contribution in [-0.2, 0) is 0 Å². The van der Waals surface area contributed by atoms with E-state index in [1.807, 2.05) is 0 Å². The van der Waals surface area contributed by atoms with Gasteiger partial charge in [-0.15, -0.1) is 0 Å². The van der Waals surface area contributed by atoms with E-state index in [0.29, 0.717) is 17.4 Å². The molecule has 1 aliphatic rings. The third-order valence-electron chi connectivity index (χ3n) is 3.49. The smallest absolute Gasteiger partial charge is 0.225 e. The average Bonchev–Trinajstić information content (AvgIpc) is 2.49. The summed E-state index contributed by atoms with van der Waals surface area (Å²) in [7, 11) is 0. The van der Waals surface area contributed by atoms with E-state index < -0.39 is 0 Å². The highest BCUT2D eigenvalue weighted by Gasteiger charge is 2.18. The highest BCUT2D eigenvalue weighted by Crippen LogP contribution is 2.24. The third-order valence-corrected chi connectivity index (χ3v) is 3.49. The van der Waals surface area contributed by atoms with Crippen LogP contribution in [0.2, 0.25) is 0 Å². The van der Waals surface area contributed by atoms with Crippen molar-refractivity contribution in [1.29, 1.82) is 0 Å². The number of rotatable bonds is 3. The zero-order chi connectivity index (χ0) is 14.7. The molecule has 0 aliphatic carbocycles. The van der Waals surface area contributed by atoms with Crippen molar-refractivity contribution in [2.45, 2.75) is 18.9 Å². The molecular formula is C15H18N4O2. The number of hydrogen-bond acceptors (Lipinski definition) is 6. The molecule has 6 heteroatoms. The lowest BCUT2D eigenvalue weighted by Gasteiger charge is -2.29. The number of hydrogen-bond donors (Lipinski definition) is 2. The molecular weight excluding hydrogens is 268 g/mol. The van der Waals surface area contributed by atoms with Gasteiger partial charge in [-0.25, -0.2) is 9.97 Å². The van der Waals surface area contributed by atoms with Crippen LogP contribution < -0.4 is 15.4 Å². The van der Waals surface area contributed by atoms with Crippen molar-refractivity contribution in [3.05, 3.63) is 36.7 Å². The molecule has 0 unspecified atom stereocenters. The van der Waals surface area contributed by atoms with Crippen LogP contribution in [0.1, 0.15) is 12.8 Å². The molecule has 1 aromatic carbocycles. The fraction of sp³-hybridized carbons (Fsp3) is 0.333. The van der Waals surface area contributed by atoms with Gasteiger partial charge in [0.2, 0.25) is 5.95 Å². The van der Waals surface area contributed by atoms with Crippen molar-refractivity contribution >= 4 is 5.95 Å². The SMILES string of the molecule is NC1CCN(c2ncc(Oc3cccc(O)c3)cn2)CC1. The van der Waals surface area contributed by atoms with Gasteiger partial charge in [-0.2, -0.15) is 0 Å². The highest BCUT2D eigenvalue weighted by atomic mass is 16.5. The van der Waals surface area contributed by atoms with E-state index in [0.717, 1.165) is 25.9 Å². The first-order valence-electron chi connectivity index (χ1n) is 7.00. The minimum Gasteiger partial charge on any atom is -0.508 e. The Hall–Kier alpha value is -2.34. The Balaban J connectivity index is 1.66. The molecule has 0 amide bonds. The Morgan fingerprint density at radius 2 is 1.86 bits per heavy atom. The first kappa shape index (κ1) is 13.6. The monoisotopic (exact) mass is 286 g/mol. The molecule has 0 bridgehead atoms. The molecule has 0 radical (unpaired) electrons. The zero-order valence-electron chi connectivity index (χ0n) is 11.6. The number of ether oxygens (including phenoxy) is 1. The van der Waals surface area contributed by atoms with Gasteiger partial charge in [0, 0.05) is 25.2 Å². The molecule has 0 atom stereocenters. The predicted molar refractivity (Wildman–Crippen MR) is 79.6 cm³/mol. The van der Waals surface area contributed by atoms with Crippen LogP contribution in [0.4, 0.5) is 5.95 Å². The molecule has 21 heavy (non-hydrogen) atoms. The van der Waals surface area contributed by atoms with E-state index in [1.54, 1.807) is 36.7 Å². The van der Waals surface area contributed by atoms with Gasteiger partial charge in [0.25, 0.3) is 0 Å². The van der Waals surface area contributed by atoms with Gasteiger partial charge in [-0.3, -0.25) is 0 Å². The molecule has 0 saturated carbocycles. The molecule has 1 saturated heterocycles. The van der Waals surface area contributed by atoms with Crippen LogP contribution in [0, 0.1) is 0 Å². The van der Waals surface area contributed by atoms with Crippen molar-refractivity contribution in [2.75, 3.05) is 18.0 Å². The van der Waals surface area contributed by atoms with Crippen LogP contribution in [0.3, 0.4) is 0 Å². The fourth-order valence-corrected chi connectivity index (χ4v) is 2.31. The first-order chi connectivity index (χ1) is 10.2. The average molecular weight is 286 g/mol. The lowest BCUT2D eigenvalue weighted by Crippen LogP contribution is -2.40. The second kappa shape index (κ2) is 5.97. The molecule has 1 fully saturated rings. The summed E-state index contributed by atoms with van der Waals surface area (Å²) >= 11 is 0. The summed E-state index contributed by atoms with van der Waals surface area (Å²) in [4.78, 5) is 10.8. The van der Waals surface area contributed by atoms with Gasteiger partial charge < -0.3 is 20.5 Å². The van der Waals surface area contributed by atoms with Crippen LogP contribution in [0.15, 0.2) is 36.7 Å². The van der Waals surface area contributed by atoms with Crippen molar-refractivity contribution in [3.63, 3.8) is 0 Å². The summed E-state index contributed by atoms with van der Waals surface area (Å²) in [5, 5.41) is 9.40. The summed E-state index contributed by atoms with van der Waals surface area (Å²) in [6.07, 6.45) is 5.21. The Labute approximate surface area is 123 Å². The fourth-order valence-electron chi connectivity index (χ4n) is 2.31. The quantitative estimate of drug-likeness (QED) is 0.896. The zero-order valence-corrected chi connectivity index (χ0v) is 11.6. The molecule has 110 valence electrons. The number of anilines is 1. The summed E-state index contributed by atoms with van der Waals surface area (Å²) in [6.45, 7) is 1.77. The number of nitrogens with zero attached hydrogens (tertiary/aromatic N) is 3. The molecule has 1 aliphatic heterocycles. The van der Waals surface area contributed by atoms with Gasteiger partial charge in [-0.1, -0.05) is 6.07 Å². The number of nitrogens with two attached hydrogens (primary N) is 1. The van der Waals surface area contributed by atoms with Gasteiger partial charge in [0.05, 0.1) is 12.4 Å². The minimum atomic E-state index is 0.162. The Morgan fingerprint density at radius 3 is 2.52 bits per heavy atom. The topological polar surface area (TPSA) is 84.5 Å². The number of phenolic OH excluding ortho intramolecular Hbond substituents is 1. The number of piperidine rings is 1. The Kier molecular flexibility index (Phi) is 3.87. The van der Waals surface area contributed by atoms with Gasteiger partial charge >= 0.3 is 0 Å². The molecule has 6 nitrogen and oxygen atoms in total. The van der Waals surface area contributed by atoms with E-state index in [2.05, 4.69) is 14.9 Å². The van der Waals surface area contributed by atoms with E-state index >= 15 is 0 Å². The lowest BCUT2D eigenvalue weighted by molar-refractivity contribution is 0.452. The Morgan fingerprint density at radius 1 is 1.14 bits per heavy atom. The Bertz CT molecular complexity index is 595. The lowest BCUT2D eigenvalue weighted by atomic mass is 10.1. The number of aromatic hydroxyl groups is 1. The highest BCUT2D eigenvalue weighted by molar-refractivity contribution is 5.37. The summed E-state index contributed by atoms with van der Waals surface area (Å²) in [5.41, 5.74) is 5.89. The molecule has 2 heterocycles. The maximum atomic E-state index is 9.40. The molecule has 3 rings (SSSR count). The normalized spacial score (nSPS) is 16.0. The third kappa shape index (κ3) is 3.41. The van der Waals surface area contributed by atoms with Gasteiger partial charge in [0.15, 0.2) is 5.75 Å². The second-order valence-electron chi connectivity index (χ2n) is 5.14. The summed E-state index contributed by atoms with van der Waals surface area (Å²) in [6, 6.07) is 6.90. The molecule has 1 aromatic heterocycles. The second-order valence-corrected chi connectivity index (χ2v) is 5.14. The summed E-state index contributed by atoms with van der Waals surface area (Å²) < 4.78 is 5.60. The van der Waals surface area contributed by atoms with Crippen molar-refractivity contribution < 1.29 is 9.84 Å². The maximum absolute atomic E-state index is 9.40. The first-order valence-corrected chi connectivity index (χ1v) is 7.00. The number of benzene rings is 1. The number of aromatic nitrogens is 2. The molecule has 2 aromatic rings. The van der Waals surface area contributed by atoms with Crippen molar-refractivity contribution in [3.8, 4) is 17.2 Å². The van der Waals surface area contributed by atoms with Crippen molar-refractivity contribution in [2.24, 2.45) is 5.73 Å². The molecule has 0 spiro atoms. The van der Waals surface area contributed by atoms with Crippen LogP contribution in [0.5, 0.6) is 17.2 Å². The summed E-state index contributed by atoms with van der Waals surface area (Å²) in [5.74, 6) is 1.95. The molecule has 3 N–H and O–H groups in total.